The number of benzene rings is 1. The summed E-state index contributed by atoms with van der Waals surface area (Å²) in [7, 11) is 0. The molecule has 0 bridgehead atoms. The van der Waals surface area contributed by atoms with E-state index in [0.29, 0.717) is 6.61 Å². The Morgan fingerprint density at radius 3 is 3.08 bits per heavy atom. The fraction of sp³-hybridized carbons (Fsp3) is 0.300. The number of carbonyl (C=O) groups excluding carboxylic acids is 1. The summed E-state index contributed by atoms with van der Waals surface area (Å²) in [5, 5.41) is 0. The molecule has 1 atom stereocenters. The Labute approximate surface area is 71.2 Å². The molecule has 2 rings (SSSR count). The molecule has 2 nitrogen and oxygen atoms in total. The average Bonchev–Trinajstić information content (AvgIpc) is 2.17. The number of rotatable bonds is 1. The van der Waals surface area contributed by atoms with E-state index < -0.39 is 0 Å². The number of para-hydroxylation sites is 1. The van der Waals surface area contributed by atoms with Crippen molar-refractivity contribution in [3.63, 3.8) is 0 Å². The molecule has 0 aromatic heterocycles. The second kappa shape index (κ2) is 2.97. The van der Waals surface area contributed by atoms with Crippen molar-refractivity contribution in [1.29, 1.82) is 0 Å². The average molecular weight is 162 g/mol. The van der Waals surface area contributed by atoms with E-state index in [4.69, 9.17) is 4.74 Å². The SMILES string of the molecule is O=C[C@H]1COc2ccccc2C1. The molecule has 62 valence electrons. The van der Waals surface area contributed by atoms with E-state index in [1.165, 1.54) is 0 Å². The van der Waals surface area contributed by atoms with E-state index in [1.807, 2.05) is 24.3 Å². The molecule has 12 heavy (non-hydrogen) atoms. The first-order valence-electron chi connectivity index (χ1n) is 4.06. The summed E-state index contributed by atoms with van der Waals surface area (Å²) < 4.78 is 5.40. The highest BCUT2D eigenvalue weighted by Crippen LogP contribution is 2.25. The number of aldehydes is 1. The zero-order chi connectivity index (χ0) is 8.39. The lowest BCUT2D eigenvalue weighted by molar-refractivity contribution is -0.112. The number of hydrogen-bond acceptors (Lipinski definition) is 2. The molecular formula is C10H10O2. The Bertz CT molecular complexity index is 294. The van der Waals surface area contributed by atoms with Crippen LogP contribution in [-0.4, -0.2) is 12.9 Å². The molecule has 1 aliphatic rings. The largest absolute Gasteiger partial charge is 0.493 e. The molecule has 2 heteroatoms. The van der Waals surface area contributed by atoms with E-state index in [1.54, 1.807) is 0 Å². The fourth-order valence-electron chi connectivity index (χ4n) is 1.44. The number of carbonyl (C=O) groups is 1. The third-order valence-corrected chi connectivity index (χ3v) is 2.10. The molecule has 1 aromatic carbocycles. The predicted molar refractivity (Wildman–Crippen MR) is 45.2 cm³/mol. The van der Waals surface area contributed by atoms with Gasteiger partial charge in [0, 0.05) is 0 Å². The molecule has 1 aromatic rings. The van der Waals surface area contributed by atoms with Gasteiger partial charge in [-0.3, -0.25) is 0 Å². The molecular weight excluding hydrogens is 152 g/mol. The normalized spacial score (nSPS) is 20.8. The van der Waals surface area contributed by atoms with E-state index in [-0.39, 0.29) is 5.92 Å². The Balaban J connectivity index is 2.28. The summed E-state index contributed by atoms with van der Waals surface area (Å²) in [4.78, 5) is 10.5. The molecule has 0 spiro atoms. The first kappa shape index (κ1) is 7.35. The molecule has 0 saturated carbocycles. The van der Waals surface area contributed by atoms with Crippen molar-refractivity contribution in [3.05, 3.63) is 29.8 Å². The summed E-state index contributed by atoms with van der Waals surface area (Å²) in [5.41, 5.74) is 1.14. The van der Waals surface area contributed by atoms with Crippen molar-refractivity contribution in [2.75, 3.05) is 6.61 Å². The zero-order valence-electron chi connectivity index (χ0n) is 6.69. The Morgan fingerprint density at radius 1 is 1.42 bits per heavy atom. The summed E-state index contributed by atoms with van der Waals surface area (Å²) in [6, 6.07) is 7.86. The summed E-state index contributed by atoms with van der Waals surface area (Å²) >= 11 is 0. The molecule has 0 radical (unpaired) electrons. The van der Waals surface area contributed by atoms with Crippen LogP contribution in [0.2, 0.25) is 0 Å². The monoisotopic (exact) mass is 162 g/mol. The van der Waals surface area contributed by atoms with Gasteiger partial charge in [0.2, 0.25) is 0 Å². The van der Waals surface area contributed by atoms with Crippen molar-refractivity contribution < 1.29 is 9.53 Å². The van der Waals surface area contributed by atoms with Gasteiger partial charge >= 0.3 is 0 Å². The van der Waals surface area contributed by atoms with Gasteiger partial charge in [-0.15, -0.1) is 0 Å². The Kier molecular flexibility index (Phi) is 1.82. The molecule has 1 aliphatic heterocycles. The third kappa shape index (κ3) is 1.20. The minimum atomic E-state index is 0.0416. The predicted octanol–water partition coefficient (Wildman–Crippen LogP) is 1.44. The van der Waals surface area contributed by atoms with Crippen molar-refractivity contribution in [3.8, 4) is 5.75 Å². The molecule has 0 amide bonds. The summed E-state index contributed by atoms with van der Waals surface area (Å²) in [5.74, 6) is 0.968. The molecule has 0 N–H and O–H groups in total. The Morgan fingerprint density at radius 2 is 2.25 bits per heavy atom. The van der Waals surface area contributed by atoms with Crippen LogP contribution in [-0.2, 0) is 11.2 Å². The minimum Gasteiger partial charge on any atom is -0.493 e. The first-order chi connectivity index (χ1) is 5.90. The second-order valence-corrected chi connectivity index (χ2v) is 3.02. The molecule has 0 aliphatic carbocycles. The van der Waals surface area contributed by atoms with Crippen molar-refractivity contribution in [1.82, 2.24) is 0 Å². The lowest BCUT2D eigenvalue weighted by Crippen LogP contribution is -2.21. The summed E-state index contributed by atoms with van der Waals surface area (Å²) in [6.45, 7) is 0.528. The quantitative estimate of drug-likeness (QED) is 0.584. The third-order valence-electron chi connectivity index (χ3n) is 2.10. The van der Waals surface area contributed by atoms with Gasteiger partial charge < -0.3 is 9.53 Å². The van der Waals surface area contributed by atoms with E-state index in [9.17, 15) is 4.79 Å². The number of ether oxygens (including phenoxy) is 1. The minimum absolute atomic E-state index is 0.0416. The van der Waals surface area contributed by atoms with Gasteiger partial charge in [-0.1, -0.05) is 18.2 Å². The zero-order valence-corrected chi connectivity index (χ0v) is 6.69. The van der Waals surface area contributed by atoms with E-state index in [0.717, 1.165) is 24.0 Å². The van der Waals surface area contributed by atoms with Crippen molar-refractivity contribution in [2.45, 2.75) is 6.42 Å². The van der Waals surface area contributed by atoms with Crippen molar-refractivity contribution >= 4 is 6.29 Å². The smallest absolute Gasteiger partial charge is 0.126 e. The number of fused-ring (bicyclic) bond motifs is 1. The fourth-order valence-corrected chi connectivity index (χ4v) is 1.44. The number of hydrogen-bond donors (Lipinski definition) is 0. The van der Waals surface area contributed by atoms with Crippen LogP contribution in [0.15, 0.2) is 24.3 Å². The van der Waals surface area contributed by atoms with Gasteiger partial charge in [0.25, 0.3) is 0 Å². The Hall–Kier alpha value is -1.31. The van der Waals surface area contributed by atoms with Gasteiger partial charge in [-0.25, -0.2) is 0 Å². The van der Waals surface area contributed by atoms with Gasteiger partial charge in [0.1, 0.15) is 12.0 Å². The van der Waals surface area contributed by atoms with Gasteiger partial charge in [-0.2, -0.15) is 0 Å². The lowest BCUT2D eigenvalue weighted by atomic mass is 9.98. The van der Waals surface area contributed by atoms with Gasteiger partial charge in [0.15, 0.2) is 0 Å². The summed E-state index contributed by atoms with van der Waals surface area (Å²) in [6.07, 6.45) is 1.79. The van der Waals surface area contributed by atoms with Crippen molar-refractivity contribution in [2.24, 2.45) is 5.92 Å². The topological polar surface area (TPSA) is 26.3 Å². The van der Waals surface area contributed by atoms with Crippen LogP contribution < -0.4 is 4.74 Å². The standard InChI is InChI=1S/C10H10O2/c11-6-8-5-9-3-1-2-4-10(9)12-7-8/h1-4,6,8H,5,7H2/t8-/m0/s1. The van der Waals surface area contributed by atoms with Crippen LogP contribution in [0.1, 0.15) is 5.56 Å². The first-order valence-corrected chi connectivity index (χ1v) is 4.06. The van der Waals surface area contributed by atoms with Gasteiger partial charge in [0.05, 0.1) is 12.5 Å². The molecule has 1 heterocycles. The highest BCUT2D eigenvalue weighted by Gasteiger charge is 2.17. The maximum atomic E-state index is 10.5. The van der Waals surface area contributed by atoms with Crippen LogP contribution in [0.25, 0.3) is 0 Å². The molecule has 0 fully saturated rings. The highest BCUT2D eigenvalue weighted by atomic mass is 16.5. The van der Waals surface area contributed by atoms with Crippen LogP contribution in [0, 0.1) is 5.92 Å². The molecule has 0 unspecified atom stereocenters. The van der Waals surface area contributed by atoms with E-state index >= 15 is 0 Å². The lowest BCUT2D eigenvalue weighted by Gasteiger charge is -2.20. The second-order valence-electron chi connectivity index (χ2n) is 3.02. The van der Waals surface area contributed by atoms with Crippen LogP contribution in [0.5, 0.6) is 5.75 Å². The van der Waals surface area contributed by atoms with Crippen LogP contribution in [0.4, 0.5) is 0 Å². The van der Waals surface area contributed by atoms with Crippen LogP contribution >= 0.6 is 0 Å². The van der Waals surface area contributed by atoms with Gasteiger partial charge in [-0.05, 0) is 18.1 Å². The molecule has 0 saturated heterocycles. The maximum absolute atomic E-state index is 10.5. The highest BCUT2D eigenvalue weighted by molar-refractivity contribution is 5.56. The van der Waals surface area contributed by atoms with E-state index in [2.05, 4.69) is 0 Å². The maximum Gasteiger partial charge on any atom is 0.126 e. The van der Waals surface area contributed by atoms with Crippen LogP contribution in [0.3, 0.4) is 0 Å².